The normalized spacial score (nSPS) is 17.6. The molecule has 3 heterocycles. The van der Waals surface area contributed by atoms with Crippen LogP contribution in [-0.2, 0) is 6.42 Å². The molecule has 3 nitrogen and oxygen atoms in total. The van der Waals surface area contributed by atoms with E-state index in [4.69, 9.17) is 0 Å². The molecule has 3 rings (SSSR count). The van der Waals surface area contributed by atoms with Crippen LogP contribution in [0.15, 0.2) is 35.0 Å². The summed E-state index contributed by atoms with van der Waals surface area (Å²) < 4.78 is 0. The minimum Gasteiger partial charge on any atom is -0.356 e. The molecule has 0 bridgehead atoms. The van der Waals surface area contributed by atoms with Crippen molar-refractivity contribution < 1.29 is 0 Å². The molecule has 0 radical (unpaired) electrons. The summed E-state index contributed by atoms with van der Waals surface area (Å²) in [5, 5.41) is 8.21. The molecular formula is C18H25N3S. The van der Waals surface area contributed by atoms with Crippen LogP contribution < -0.4 is 10.2 Å². The molecule has 0 saturated carbocycles. The molecule has 2 aromatic heterocycles. The van der Waals surface area contributed by atoms with E-state index in [9.17, 15) is 0 Å². The number of piperidine rings is 1. The first-order valence-electron chi connectivity index (χ1n) is 8.16. The maximum Gasteiger partial charge on any atom is 0.128 e. The quantitative estimate of drug-likeness (QED) is 0.913. The molecule has 0 amide bonds. The van der Waals surface area contributed by atoms with Gasteiger partial charge in [0.2, 0.25) is 0 Å². The smallest absolute Gasteiger partial charge is 0.128 e. The summed E-state index contributed by atoms with van der Waals surface area (Å²) in [7, 11) is 0. The average molecular weight is 315 g/mol. The Balaban J connectivity index is 1.47. The first kappa shape index (κ1) is 15.5. The SMILES string of the molecule is Cc1cccc(N2CCC(N[C@@H](C)Cc3ccsc3)CC2)n1. The molecule has 4 heteroatoms. The van der Waals surface area contributed by atoms with E-state index in [-0.39, 0.29) is 0 Å². The van der Waals surface area contributed by atoms with Gasteiger partial charge in [-0.05, 0) is 67.6 Å². The van der Waals surface area contributed by atoms with Crippen molar-refractivity contribution in [2.45, 2.75) is 45.2 Å². The first-order valence-corrected chi connectivity index (χ1v) is 9.11. The third-order valence-electron chi connectivity index (χ3n) is 4.33. The van der Waals surface area contributed by atoms with Gasteiger partial charge >= 0.3 is 0 Å². The van der Waals surface area contributed by atoms with Crippen molar-refractivity contribution in [3.8, 4) is 0 Å². The molecule has 1 atom stereocenters. The van der Waals surface area contributed by atoms with E-state index >= 15 is 0 Å². The Labute approximate surface area is 137 Å². The monoisotopic (exact) mass is 315 g/mol. The lowest BCUT2D eigenvalue weighted by molar-refractivity contribution is 0.374. The summed E-state index contributed by atoms with van der Waals surface area (Å²) in [6.07, 6.45) is 3.52. The molecule has 1 aliphatic heterocycles. The van der Waals surface area contributed by atoms with Gasteiger partial charge in [-0.2, -0.15) is 11.3 Å². The van der Waals surface area contributed by atoms with Gasteiger partial charge < -0.3 is 10.2 Å². The topological polar surface area (TPSA) is 28.2 Å². The standard InChI is InChI=1S/C18H25N3S/c1-14-4-3-5-18(20-14)21-9-6-17(7-10-21)19-15(2)12-16-8-11-22-13-16/h3-5,8,11,13,15,17,19H,6-7,9-10,12H2,1-2H3/t15-/m0/s1. The molecule has 22 heavy (non-hydrogen) atoms. The highest BCUT2D eigenvalue weighted by Crippen LogP contribution is 2.19. The first-order chi connectivity index (χ1) is 10.7. The van der Waals surface area contributed by atoms with Crippen LogP contribution in [0.3, 0.4) is 0 Å². The van der Waals surface area contributed by atoms with Gasteiger partial charge in [0.25, 0.3) is 0 Å². The van der Waals surface area contributed by atoms with Crippen LogP contribution in [0.2, 0.25) is 0 Å². The van der Waals surface area contributed by atoms with Gasteiger partial charge in [0.05, 0.1) is 0 Å². The van der Waals surface area contributed by atoms with E-state index in [0.29, 0.717) is 12.1 Å². The fraction of sp³-hybridized carbons (Fsp3) is 0.500. The lowest BCUT2D eigenvalue weighted by atomic mass is 10.0. The lowest BCUT2D eigenvalue weighted by Gasteiger charge is -2.34. The number of aromatic nitrogens is 1. The summed E-state index contributed by atoms with van der Waals surface area (Å²) in [6, 6.07) is 9.70. The van der Waals surface area contributed by atoms with Crippen molar-refractivity contribution in [1.82, 2.24) is 10.3 Å². The fourth-order valence-corrected chi connectivity index (χ4v) is 3.89. The minimum absolute atomic E-state index is 0.545. The molecule has 1 fully saturated rings. The average Bonchev–Trinajstić information content (AvgIpc) is 3.01. The predicted molar refractivity (Wildman–Crippen MR) is 94.8 cm³/mol. The lowest BCUT2D eigenvalue weighted by Crippen LogP contribution is -2.46. The fourth-order valence-electron chi connectivity index (χ4n) is 3.20. The molecule has 118 valence electrons. The van der Waals surface area contributed by atoms with Crippen LogP contribution in [0.4, 0.5) is 5.82 Å². The number of nitrogens with zero attached hydrogens (tertiary/aromatic N) is 2. The van der Waals surface area contributed by atoms with Crippen LogP contribution in [-0.4, -0.2) is 30.2 Å². The third-order valence-corrected chi connectivity index (χ3v) is 5.07. The van der Waals surface area contributed by atoms with E-state index in [1.165, 1.54) is 18.4 Å². The van der Waals surface area contributed by atoms with Crippen molar-refractivity contribution in [3.05, 3.63) is 46.3 Å². The number of thiophene rings is 1. The van der Waals surface area contributed by atoms with E-state index in [1.54, 1.807) is 11.3 Å². The predicted octanol–water partition coefficient (Wildman–Crippen LogP) is 3.64. The summed E-state index contributed by atoms with van der Waals surface area (Å²) in [4.78, 5) is 7.05. The van der Waals surface area contributed by atoms with Crippen molar-refractivity contribution in [3.63, 3.8) is 0 Å². The van der Waals surface area contributed by atoms with E-state index in [1.807, 2.05) is 0 Å². The highest BCUT2D eigenvalue weighted by Gasteiger charge is 2.21. The highest BCUT2D eigenvalue weighted by atomic mass is 32.1. The number of anilines is 1. The Morgan fingerprint density at radius 1 is 1.32 bits per heavy atom. The van der Waals surface area contributed by atoms with Gasteiger partial charge in [0, 0.05) is 30.9 Å². The third kappa shape index (κ3) is 4.08. The number of aryl methyl sites for hydroxylation is 1. The maximum absolute atomic E-state index is 4.64. The van der Waals surface area contributed by atoms with Gasteiger partial charge in [-0.15, -0.1) is 0 Å². The van der Waals surface area contributed by atoms with E-state index < -0.39 is 0 Å². The minimum atomic E-state index is 0.545. The zero-order valence-corrected chi connectivity index (χ0v) is 14.3. The Bertz CT molecular complexity index is 574. The van der Waals surface area contributed by atoms with Crippen molar-refractivity contribution in [1.29, 1.82) is 0 Å². The maximum atomic E-state index is 4.64. The summed E-state index contributed by atoms with van der Waals surface area (Å²) in [5.41, 5.74) is 2.55. The van der Waals surface area contributed by atoms with Crippen molar-refractivity contribution in [2.75, 3.05) is 18.0 Å². The molecule has 0 aromatic carbocycles. The van der Waals surface area contributed by atoms with Gasteiger partial charge in [-0.1, -0.05) is 6.07 Å². The van der Waals surface area contributed by atoms with Crippen LogP contribution >= 0.6 is 11.3 Å². The summed E-state index contributed by atoms with van der Waals surface area (Å²) in [6.45, 7) is 6.55. The van der Waals surface area contributed by atoms with Crippen LogP contribution in [0.5, 0.6) is 0 Å². The number of hydrogen-bond donors (Lipinski definition) is 1. The zero-order valence-electron chi connectivity index (χ0n) is 13.5. The molecule has 2 aromatic rings. The molecular weight excluding hydrogens is 290 g/mol. The summed E-state index contributed by atoms with van der Waals surface area (Å²) >= 11 is 1.79. The van der Waals surface area contributed by atoms with Gasteiger partial charge in [-0.3, -0.25) is 0 Å². The molecule has 0 aliphatic carbocycles. The molecule has 1 N–H and O–H groups in total. The number of rotatable bonds is 5. The Hall–Kier alpha value is -1.39. The summed E-state index contributed by atoms with van der Waals surface area (Å²) in [5.74, 6) is 1.13. The van der Waals surface area contributed by atoms with Crippen LogP contribution in [0.1, 0.15) is 31.0 Å². The largest absolute Gasteiger partial charge is 0.356 e. The van der Waals surface area contributed by atoms with Crippen LogP contribution in [0.25, 0.3) is 0 Å². The van der Waals surface area contributed by atoms with Gasteiger partial charge in [-0.25, -0.2) is 4.98 Å². The van der Waals surface area contributed by atoms with Crippen LogP contribution in [0, 0.1) is 6.92 Å². The van der Waals surface area contributed by atoms with E-state index in [2.05, 4.69) is 64.1 Å². The molecule has 0 spiro atoms. The molecule has 0 unspecified atom stereocenters. The number of hydrogen-bond acceptors (Lipinski definition) is 4. The zero-order chi connectivity index (χ0) is 15.4. The second kappa shape index (κ2) is 7.25. The number of nitrogens with one attached hydrogen (secondary N) is 1. The second-order valence-corrected chi connectivity index (χ2v) is 7.08. The highest BCUT2D eigenvalue weighted by molar-refractivity contribution is 7.07. The molecule has 1 saturated heterocycles. The molecule has 1 aliphatic rings. The van der Waals surface area contributed by atoms with Crippen molar-refractivity contribution >= 4 is 17.2 Å². The van der Waals surface area contributed by atoms with E-state index in [0.717, 1.165) is 31.0 Å². The number of pyridine rings is 1. The Morgan fingerprint density at radius 3 is 2.82 bits per heavy atom. The van der Waals surface area contributed by atoms with Gasteiger partial charge in [0.15, 0.2) is 0 Å². The Morgan fingerprint density at radius 2 is 2.14 bits per heavy atom. The Kier molecular flexibility index (Phi) is 5.11. The van der Waals surface area contributed by atoms with Gasteiger partial charge in [0.1, 0.15) is 5.82 Å². The second-order valence-electron chi connectivity index (χ2n) is 6.30. The van der Waals surface area contributed by atoms with Crippen molar-refractivity contribution in [2.24, 2.45) is 0 Å².